The molecule has 5 nitrogen and oxygen atoms in total. The lowest BCUT2D eigenvalue weighted by molar-refractivity contribution is -0.120. The van der Waals surface area contributed by atoms with Crippen LogP contribution in [0.25, 0.3) is 0 Å². The Bertz CT molecular complexity index is 632. The summed E-state index contributed by atoms with van der Waals surface area (Å²) in [5.41, 5.74) is 1.93. The van der Waals surface area contributed by atoms with Crippen LogP contribution in [0.2, 0.25) is 0 Å². The molecule has 2 aromatic rings. The second kappa shape index (κ2) is 9.70. The molecule has 5 heteroatoms. The molecule has 1 atom stereocenters. The predicted molar refractivity (Wildman–Crippen MR) is 94.2 cm³/mol. The van der Waals surface area contributed by atoms with Crippen LogP contribution in [0.1, 0.15) is 17.2 Å². The van der Waals surface area contributed by atoms with Crippen molar-refractivity contribution in [3.8, 4) is 5.75 Å². The summed E-state index contributed by atoms with van der Waals surface area (Å²) >= 11 is 0. The van der Waals surface area contributed by atoms with Crippen LogP contribution in [0.3, 0.4) is 0 Å². The first kappa shape index (κ1) is 18.0. The molecule has 0 aliphatic heterocycles. The molecule has 0 spiro atoms. The fourth-order valence-electron chi connectivity index (χ4n) is 2.48. The molecule has 0 bridgehead atoms. The summed E-state index contributed by atoms with van der Waals surface area (Å²) in [6.07, 6.45) is 0. The first-order valence-corrected chi connectivity index (χ1v) is 7.93. The van der Waals surface area contributed by atoms with Gasteiger partial charge in [-0.15, -0.1) is 0 Å². The van der Waals surface area contributed by atoms with Crippen LogP contribution in [0, 0.1) is 0 Å². The molecule has 0 radical (unpaired) electrons. The van der Waals surface area contributed by atoms with Gasteiger partial charge >= 0.3 is 0 Å². The monoisotopic (exact) mass is 328 g/mol. The van der Waals surface area contributed by atoms with E-state index < -0.39 is 0 Å². The number of ether oxygens (including phenoxy) is 2. The topological polar surface area (TPSA) is 59.6 Å². The molecule has 0 aliphatic carbocycles. The average molecular weight is 328 g/mol. The highest BCUT2D eigenvalue weighted by Crippen LogP contribution is 2.29. The summed E-state index contributed by atoms with van der Waals surface area (Å²) in [6, 6.07) is 17.3. The second-order valence-electron chi connectivity index (χ2n) is 5.32. The molecule has 1 unspecified atom stereocenters. The number of hydrogen-bond acceptors (Lipinski definition) is 4. The molecule has 2 aromatic carbocycles. The van der Waals surface area contributed by atoms with Gasteiger partial charge in [-0.2, -0.15) is 0 Å². The number of rotatable bonds is 9. The minimum atomic E-state index is -0.265. The van der Waals surface area contributed by atoms with Crippen LogP contribution in [-0.4, -0.2) is 39.8 Å². The van der Waals surface area contributed by atoms with Gasteiger partial charge < -0.3 is 20.1 Å². The molecular weight excluding hydrogens is 304 g/mol. The summed E-state index contributed by atoms with van der Waals surface area (Å²) in [4.78, 5) is 12.3. The number of methoxy groups -OCH3 is 2. The lowest BCUT2D eigenvalue weighted by atomic mass is 9.97. The Balaban J connectivity index is 2.17. The van der Waals surface area contributed by atoms with E-state index in [1.165, 1.54) is 0 Å². The van der Waals surface area contributed by atoms with Crippen molar-refractivity contribution in [3.63, 3.8) is 0 Å². The Morgan fingerprint density at radius 2 is 1.75 bits per heavy atom. The van der Waals surface area contributed by atoms with E-state index in [0.717, 1.165) is 16.9 Å². The SMILES string of the molecule is COCCNCC(=O)NC(c1ccccc1)c1ccccc1OC. The van der Waals surface area contributed by atoms with Crippen molar-refractivity contribution in [1.29, 1.82) is 0 Å². The largest absolute Gasteiger partial charge is 0.496 e. The van der Waals surface area contributed by atoms with Gasteiger partial charge in [0, 0.05) is 19.2 Å². The van der Waals surface area contributed by atoms with Crippen molar-refractivity contribution in [3.05, 3.63) is 65.7 Å². The lowest BCUT2D eigenvalue weighted by Gasteiger charge is -2.22. The fraction of sp³-hybridized carbons (Fsp3) is 0.316. The molecule has 1 amide bonds. The third-order valence-electron chi connectivity index (χ3n) is 3.66. The second-order valence-corrected chi connectivity index (χ2v) is 5.32. The lowest BCUT2D eigenvalue weighted by Crippen LogP contribution is -2.37. The molecule has 128 valence electrons. The normalized spacial score (nSPS) is 11.8. The van der Waals surface area contributed by atoms with Gasteiger partial charge in [-0.25, -0.2) is 0 Å². The third-order valence-corrected chi connectivity index (χ3v) is 3.66. The Morgan fingerprint density at radius 1 is 1.04 bits per heavy atom. The summed E-state index contributed by atoms with van der Waals surface area (Å²) in [6.45, 7) is 1.44. The van der Waals surface area contributed by atoms with Gasteiger partial charge in [-0.05, 0) is 11.6 Å². The highest BCUT2D eigenvalue weighted by atomic mass is 16.5. The molecule has 2 N–H and O–H groups in total. The zero-order valence-corrected chi connectivity index (χ0v) is 14.1. The number of amides is 1. The third kappa shape index (κ3) is 5.08. The van der Waals surface area contributed by atoms with E-state index in [4.69, 9.17) is 9.47 Å². The Morgan fingerprint density at radius 3 is 2.46 bits per heavy atom. The van der Waals surface area contributed by atoms with E-state index in [2.05, 4.69) is 10.6 Å². The molecule has 0 aromatic heterocycles. The standard InChI is InChI=1S/C19H24N2O3/c1-23-13-12-20-14-18(22)21-19(15-8-4-3-5-9-15)16-10-6-7-11-17(16)24-2/h3-11,19-20H,12-14H2,1-2H3,(H,21,22). The summed E-state index contributed by atoms with van der Waals surface area (Å²) < 4.78 is 10.4. The quantitative estimate of drug-likeness (QED) is 0.693. The predicted octanol–water partition coefficient (Wildman–Crippen LogP) is 2.14. The Labute approximate surface area is 143 Å². The highest BCUT2D eigenvalue weighted by molar-refractivity contribution is 5.79. The molecular formula is C19H24N2O3. The van der Waals surface area contributed by atoms with Gasteiger partial charge in [-0.1, -0.05) is 48.5 Å². The van der Waals surface area contributed by atoms with Gasteiger partial charge in [0.2, 0.25) is 5.91 Å². The van der Waals surface area contributed by atoms with Crippen molar-refractivity contribution >= 4 is 5.91 Å². The van der Waals surface area contributed by atoms with Gasteiger partial charge in [-0.3, -0.25) is 4.79 Å². The number of benzene rings is 2. The zero-order valence-electron chi connectivity index (χ0n) is 14.1. The molecule has 0 aliphatic rings. The van der Waals surface area contributed by atoms with Crippen LogP contribution in [0.5, 0.6) is 5.75 Å². The maximum atomic E-state index is 12.3. The Kier molecular flexibility index (Phi) is 7.26. The maximum Gasteiger partial charge on any atom is 0.234 e. The maximum absolute atomic E-state index is 12.3. The average Bonchev–Trinajstić information content (AvgIpc) is 2.64. The first-order chi connectivity index (χ1) is 11.8. The van der Waals surface area contributed by atoms with E-state index in [0.29, 0.717) is 13.2 Å². The van der Waals surface area contributed by atoms with E-state index in [-0.39, 0.29) is 18.5 Å². The van der Waals surface area contributed by atoms with Gasteiger partial charge in [0.05, 0.1) is 26.3 Å². The van der Waals surface area contributed by atoms with Crippen molar-refractivity contribution in [1.82, 2.24) is 10.6 Å². The van der Waals surface area contributed by atoms with Gasteiger partial charge in [0.15, 0.2) is 0 Å². The van der Waals surface area contributed by atoms with Crippen LogP contribution >= 0.6 is 0 Å². The molecule has 0 heterocycles. The zero-order chi connectivity index (χ0) is 17.2. The minimum absolute atomic E-state index is 0.0779. The number of nitrogens with one attached hydrogen (secondary N) is 2. The van der Waals surface area contributed by atoms with Gasteiger partial charge in [0.25, 0.3) is 0 Å². The van der Waals surface area contributed by atoms with E-state index in [1.54, 1.807) is 14.2 Å². The van der Waals surface area contributed by atoms with Crippen LogP contribution in [-0.2, 0) is 9.53 Å². The van der Waals surface area contributed by atoms with Crippen molar-refractivity contribution in [2.75, 3.05) is 33.9 Å². The Hall–Kier alpha value is -2.37. The van der Waals surface area contributed by atoms with Crippen LogP contribution in [0.15, 0.2) is 54.6 Å². The number of carbonyl (C=O) groups excluding carboxylic acids is 1. The van der Waals surface area contributed by atoms with Crippen LogP contribution < -0.4 is 15.4 Å². The number of hydrogen-bond donors (Lipinski definition) is 2. The summed E-state index contributed by atoms with van der Waals surface area (Å²) in [5, 5.41) is 6.13. The van der Waals surface area contributed by atoms with Crippen molar-refractivity contribution < 1.29 is 14.3 Å². The minimum Gasteiger partial charge on any atom is -0.496 e. The molecule has 0 fully saturated rings. The molecule has 2 rings (SSSR count). The highest BCUT2D eigenvalue weighted by Gasteiger charge is 2.19. The molecule has 24 heavy (non-hydrogen) atoms. The number of carbonyl (C=O) groups is 1. The fourth-order valence-corrected chi connectivity index (χ4v) is 2.48. The molecule has 0 saturated carbocycles. The summed E-state index contributed by atoms with van der Waals surface area (Å²) in [5.74, 6) is 0.671. The smallest absolute Gasteiger partial charge is 0.234 e. The number of para-hydroxylation sites is 1. The van der Waals surface area contributed by atoms with Crippen molar-refractivity contribution in [2.45, 2.75) is 6.04 Å². The summed E-state index contributed by atoms with van der Waals surface area (Å²) in [7, 11) is 3.27. The molecule has 0 saturated heterocycles. The van der Waals surface area contributed by atoms with E-state index >= 15 is 0 Å². The van der Waals surface area contributed by atoms with Crippen molar-refractivity contribution in [2.24, 2.45) is 0 Å². The van der Waals surface area contributed by atoms with Gasteiger partial charge in [0.1, 0.15) is 5.75 Å². The van der Waals surface area contributed by atoms with Crippen LogP contribution in [0.4, 0.5) is 0 Å². The van der Waals surface area contributed by atoms with E-state index in [1.807, 2.05) is 54.6 Å². The van der Waals surface area contributed by atoms with E-state index in [9.17, 15) is 4.79 Å². The first-order valence-electron chi connectivity index (χ1n) is 7.93.